The lowest BCUT2D eigenvalue weighted by atomic mass is 10.1. The number of anilines is 5. The molecule has 3 amide bonds. The summed E-state index contributed by atoms with van der Waals surface area (Å²) in [6.45, 7) is 15.9. The van der Waals surface area contributed by atoms with E-state index < -0.39 is 11.7 Å². The maximum atomic E-state index is 14.4. The minimum Gasteiger partial charge on any atom is -0.370 e. The third-order valence-electron chi connectivity index (χ3n) is 17.5. The number of amides is 3. The van der Waals surface area contributed by atoms with Gasteiger partial charge in [0, 0.05) is 94.3 Å². The summed E-state index contributed by atoms with van der Waals surface area (Å²) in [4.78, 5) is 70.1. The van der Waals surface area contributed by atoms with Crippen LogP contribution < -0.4 is 25.8 Å². The monoisotopic (exact) mass is 1420 g/mol. The van der Waals surface area contributed by atoms with Crippen LogP contribution in [0.2, 0.25) is 0 Å². The number of halogens is 1. The number of rotatable bonds is 20. The van der Waals surface area contributed by atoms with E-state index in [0.29, 0.717) is 85.0 Å². The van der Waals surface area contributed by atoms with E-state index in [2.05, 4.69) is 130 Å². The van der Waals surface area contributed by atoms with Gasteiger partial charge in [-0.3, -0.25) is 28.4 Å². The molecule has 36 heteroatoms. The van der Waals surface area contributed by atoms with Crippen molar-refractivity contribution in [3.8, 4) is 65.9 Å². The van der Waals surface area contributed by atoms with Gasteiger partial charge >= 0.3 is 0 Å². The van der Waals surface area contributed by atoms with Crippen LogP contribution in [0.15, 0.2) is 90.1 Å². The van der Waals surface area contributed by atoms with E-state index in [4.69, 9.17) is 0 Å². The highest BCUT2D eigenvalue weighted by Crippen LogP contribution is 2.41. The second-order valence-corrected chi connectivity index (χ2v) is 28.6. The van der Waals surface area contributed by atoms with Crippen LogP contribution in [-0.2, 0) is 0 Å². The van der Waals surface area contributed by atoms with Crippen molar-refractivity contribution < 1.29 is 18.8 Å². The van der Waals surface area contributed by atoms with E-state index in [1.54, 1.807) is 42.6 Å². The SMILES string of the molecule is CC(C)n1nnnc1-c1nc(NC(=O)c2cc(-c3cnn(C4CC4)c3)c(F)cn2)cs1.CC(C)n1nnnc1-c1nc(NC(=O)c2cc(-c3cnn(C4CC4)c3)c(N3CCCC3)cn2)cs1.CC(C)n1nnnc1-c1nc(NC(=O)c2cc(-c3cnn(C4CC4)c3)c(N3CCCC3)cn2)cs1. The first-order valence-electron chi connectivity index (χ1n) is 33.6. The van der Waals surface area contributed by atoms with Gasteiger partial charge in [-0.1, -0.05) is 0 Å². The molecule has 0 radical (unpaired) electrons. The Morgan fingerprint density at radius 1 is 0.446 bits per heavy atom. The van der Waals surface area contributed by atoms with E-state index in [9.17, 15) is 18.8 Å². The molecule has 2 aliphatic heterocycles. The average Bonchev–Trinajstić information content (AvgIpc) is 1.78. The maximum Gasteiger partial charge on any atom is 0.275 e. The second kappa shape index (κ2) is 28.4. The van der Waals surface area contributed by atoms with Crippen LogP contribution in [0.1, 0.15) is 173 Å². The van der Waals surface area contributed by atoms with Crippen molar-refractivity contribution in [3.05, 3.63) is 113 Å². The number of aromatic nitrogens is 24. The molecule has 101 heavy (non-hydrogen) atoms. The summed E-state index contributed by atoms with van der Waals surface area (Å²) in [5, 5.41) is 64.3. The zero-order valence-electron chi connectivity index (χ0n) is 56.0. The fourth-order valence-corrected chi connectivity index (χ4v) is 13.9. The molecule has 0 unspecified atom stereocenters. The van der Waals surface area contributed by atoms with E-state index in [0.717, 1.165) is 105 Å². The molecular formula is C65H70FN29O3S3. The highest BCUT2D eigenvalue weighted by atomic mass is 32.1. The first-order chi connectivity index (χ1) is 49.1. The Kier molecular flexibility index (Phi) is 18.6. The molecule has 2 saturated heterocycles. The number of tetrazole rings is 3. The first-order valence-corrected chi connectivity index (χ1v) is 36.2. The van der Waals surface area contributed by atoms with Crippen molar-refractivity contribution in [3.63, 3.8) is 0 Å². The number of carbonyl (C=O) groups is 3. The number of pyridine rings is 3. The van der Waals surface area contributed by atoms with Crippen LogP contribution in [0.4, 0.5) is 33.2 Å². The highest BCUT2D eigenvalue weighted by Gasteiger charge is 2.30. The summed E-state index contributed by atoms with van der Waals surface area (Å²) in [6, 6.07) is 6.80. The molecule has 0 bridgehead atoms. The van der Waals surface area contributed by atoms with Gasteiger partial charge in [0.2, 0.25) is 17.5 Å². The molecule has 14 heterocycles. The van der Waals surface area contributed by atoms with E-state index in [-0.39, 0.29) is 41.2 Å². The standard InChI is InChI=1S/2C23H26N10OS.C19H18FN9OS/c2*1-14(2)33-21(28-29-30-33)23-27-20(13-35-23)26-22(34)18-9-17(15-10-25-32(12-15)16-5-6-16)19(11-24-18)31-7-3-4-8-31;1-10(2)29-17(25-26-27-29)19-24-16(9-31-19)23-18(30)15-5-13(14(20)7-21-15)11-6-22-28(8-11)12-3-4-12/h2*9-14,16H,3-8H2,1-2H3,(H,26,34);5-10,12H,3-4H2,1-2H3,(H,23,30). The fourth-order valence-electron chi connectivity index (χ4n) is 11.7. The molecule has 12 aromatic heterocycles. The highest BCUT2D eigenvalue weighted by molar-refractivity contribution is 7.14. The van der Waals surface area contributed by atoms with Gasteiger partial charge < -0.3 is 25.8 Å². The van der Waals surface area contributed by atoms with Crippen LogP contribution in [0.5, 0.6) is 0 Å². The van der Waals surface area contributed by atoms with Gasteiger partial charge in [0.05, 0.1) is 84.8 Å². The summed E-state index contributed by atoms with van der Waals surface area (Å²) in [7, 11) is 0. The van der Waals surface area contributed by atoms with Gasteiger partial charge in [-0.05, 0) is 155 Å². The zero-order chi connectivity index (χ0) is 69.4. The normalized spacial score (nSPS) is 15.1. The predicted molar refractivity (Wildman–Crippen MR) is 376 cm³/mol. The average molecular weight is 1420 g/mol. The summed E-state index contributed by atoms with van der Waals surface area (Å²) >= 11 is 4.07. The van der Waals surface area contributed by atoms with Gasteiger partial charge in [-0.15, -0.1) is 49.3 Å². The zero-order valence-corrected chi connectivity index (χ0v) is 58.4. The molecule has 5 fully saturated rings. The quantitative estimate of drug-likeness (QED) is 0.0638. The molecule has 17 rings (SSSR count). The van der Waals surface area contributed by atoms with Crippen molar-refractivity contribution in [1.29, 1.82) is 0 Å². The minimum atomic E-state index is -0.511. The molecule has 518 valence electrons. The number of nitrogens with one attached hydrogen (secondary N) is 3. The first kappa shape index (κ1) is 66.0. The van der Waals surface area contributed by atoms with E-state index in [1.165, 1.54) is 65.8 Å². The molecule has 0 atom stereocenters. The van der Waals surface area contributed by atoms with Crippen LogP contribution in [-0.4, -0.2) is 164 Å². The van der Waals surface area contributed by atoms with Crippen LogP contribution in [0.25, 0.3) is 65.9 Å². The topological polar surface area (TPSA) is 355 Å². The number of nitrogens with zero attached hydrogens (tertiary/aromatic N) is 26. The molecule has 3 aliphatic carbocycles. The van der Waals surface area contributed by atoms with Gasteiger partial charge in [-0.2, -0.15) is 15.3 Å². The number of carbonyl (C=O) groups excluding carboxylic acids is 3. The smallest absolute Gasteiger partial charge is 0.275 e. The summed E-state index contributed by atoms with van der Waals surface area (Å²) < 4.78 is 25.3. The molecule has 5 aliphatic rings. The third-order valence-corrected chi connectivity index (χ3v) is 20.0. The molecule has 0 aromatic carbocycles. The molecule has 3 saturated carbocycles. The largest absolute Gasteiger partial charge is 0.370 e. The number of thiazole rings is 3. The van der Waals surface area contributed by atoms with Gasteiger partial charge in [0.25, 0.3) is 17.7 Å². The Bertz CT molecular complexity index is 4740. The Balaban J connectivity index is 0.000000123. The molecular weight excluding hydrogens is 1350 g/mol. The summed E-state index contributed by atoms with van der Waals surface area (Å²) in [6.07, 6.45) is 27.5. The lowest BCUT2D eigenvalue weighted by Gasteiger charge is -2.21. The van der Waals surface area contributed by atoms with Gasteiger partial charge in [0.15, 0.2) is 15.0 Å². The van der Waals surface area contributed by atoms with Crippen molar-refractivity contribution in [1.82, 2.24) is 120 Å². The minimum absolute atomic E-state index is 0.0676. The van der Waals surface area contributed by atoms with Crippen molar-refractivity contribution in [2.45, 2.75) is 142 Å². The fraction of sp³-hybridized carbons (Fsp3) is 0.400. The van der Waals surface area contributed by atoms with Crippen LogP contribution in [0, 0.1) is 5.82 Å². The lowest BCUT2D eigenvalue weighted by molar-refractivity contribution is 0.101. The van der Waals surface area contributed by atoms with E-state index >= 15 is 0 Å². The molecule has 32 nitrogen and oxygen atoms in total. The summed E-state index contributed by atoms with van der Waals surface area (Å²) in [5.74, 6) is 1.29. The van der Waals surface area contributed by atoms with Crippen molar-refractivity contribution in [2.24, 2.45) is 0 Å². The van der Waals surface area contributed by atoms with Crippen molar-refractivity contribution >= 4 is 80.6 Å². The number of hydrogen-bond acceptors (Lipinski definition) is 26. The molecule has 3 N–H and O–H groups in total. The van der Waals surface area contributed by atoms with Crippen molar-refractivity contribution in [2.75, 3.05) is 51.9 Å². The Labute approximate surface area is 588 Å². The molecule has 0 spiro atoms. The lowest BCUT2D eigenvalue weighted by Crippen LogP contribution is -2.20. The summed E-state index contributed by atoms with van der Waals surface area (Å²) in [5.41, 5.74) is 7.71. The van der Waals surface area contributed by atoms with Crippen LogP contribution >= 0.6 is 34.0 Å². The van der Waals surface area contributed by atoms with Gasteiger partial charge in [-0.25, -0.2) is 48.3 Å². The van der Waals surface area contributed by atoms with E-state index in [1.807, 2.05) is 92.5 Å². The maximum absolute atomic E-state index is 14.4. The third kappa shape index (κ3) is 14.6. The second-order valence-electron chi connectivity index (χ2n) is 26.0. The predicted octanol–water partition coefficient (Wildman–Crippen LogP) is 11.0. The Hall–Kier alpha value is -10.9. The Morgan fingerprint density at radius 2 is 0.762 bits per heavy atom. The number of hydrogen-bond donors (Lipinski definition) is 3. The molecule has 12 aromatic rings. The van der Waals surface area contributed by atoms with Gasteiger partial charge in [0.1, 0.15) is 40.4 Å². The van der Waals surface area contributed by atoms with Crippen LogP contribution in [0.3, 0.4) is 0 Å². The Morgan fingerprint density at radius 3 is 1.09 bits per heavy atom.